The lowest BCUT2D eigenvalue weighted by Gasteiger charge is -2.22. The van der Waals surface area contributed by atoms with Gasteiger partial charge in [-0.05, 0) is 18.8 Å². The lowest BCUT2D eigenvalue weighted by atomic mass is 10.0. The Labute approximate surface area is 101 Å². The fourth-order valence-electron chi connectivity index (χ4n) is 1.64. The van der Waals surface area contributed by atoms with Gasteiger partial charge in [-0.2, -0.15) is 0 Å². The van der Waals surface area contributed by atoms with Gasteiger partial charge in [-0.25, -0.2) is 14.4 Å². The van der Waals surface area contributed by atoms with Crippen LogP contribution in [0.2, 0.25) is 0 Å². The molecule has 1 aromatic rings. The number of anilines is 1. The highest BCUT2D eigenvalue weighted by Gasteiger charge is 2.17. The fraction of sp³-hybridized carbons (Fsp3) is 0.667. The smallest absolute Gasteiger partial charge is 0.186 e. The summed E-state index contributed by atoms with van der Waals surface area (Å²) in [4.78, 5) is 7.79. The van der Waals surface area contributed by atoms with Crippen LogP contribution < -0.4 is 5.32 Å². The maximum absolute atomic E-state index is 13.9. The summed E-state index contributed by atoms with van der Waals surface area (Å²) in [5.74, 6) is 0.129. The third-order valence-corrected chi connectivity index (χ3v) is 2.76. The fourth-order valence-corrected chi connectivity index (χ4v) is 1.64. The number of hydrogen-bond acceptors (Lipinski definition) is 4. The number of aliphatic hydroxyl groups is 1. The molecule has 1 rings (SSSR count). The van der Waals surface area contributed by atoms with E-state index in [0.717, 1.165) is 0 Å². The van der Waals surface area contributed by atoms with Crippen molar-refractivity contribution in [2.75, 3.05) is 11.9 Å². The number of aliphatic hydroxyl groups excluding tert-OH is 1. The molecule has 0 aliphatic rings. The Balaban J connectivity index is 2.85. The average Bonchev–Trinajstić information content (AvgIpc) is 2.30. The normalized spacial score (nSPS) is 12.8. The van der Waals surface area contributed by atoms with Crippen LogP contribution in [0.5, 0.6) is 0 Å². The van der Waals surface area contributed by atoms with Crippen LogP contribution in [0.25, 0.3) is 0 Å². The number of hydrogen-bond donors (Lipinski definition) is 2. The van der Waals surface area contributed by atoms with Gasteiger partial charge in [-0.3, -0.25) is 0 Å². The number of aryl methyl sites for hydroxylation is 1. The van der Waals surface area contributed by atoms with Crippen LogP contribution in [0.4, 0.5) is 10.2 Å². The summed E-state index contributed by atoms with van der Waals surface area (Å²) in [5.41, 5.74) is 0.411. The molecule has 0 aromatic carbocycles. The molecule has 0 amide bonds. The van der Waals surface area contributed by atoms with E-state index in [0.29, 0.717) is 24.5 Å². The van der Waals surface area contributed by atoms with Gasteiger partial charge in [0.2, 0.25) is 0 Å². The number of aromatic nitrogens is 2. The summed E-state index contributed by atoms with van der Waals surface area (Å²) in [6, 6.07) is 0.00843. The highest BCUT2D eigenvalue weighted by atomic mass is 19.1. The van der Waals surface area contributed by atoms with Crippen LogP contribution >= 0.6 is 0 Å². The molecule has 4 nitrogen and oxygen atoms in total. The quantitative estimate of drug-likeness (QED) is 0.799. The second-order valence-electron chi connectivity index (χ2n) is 4.34. The first kappa shape index (κ1) is 13.8. The zero-order chi connectivity index (χ0) is 12.8. The Bertz CT molecular complexity index is 358. The van der Waals surface area contributed by atoms with E-state index in [2.05, 4.69) is 15.3 Å². The number of nitrogens with zero attached hydrogens (tertiary/aromatic N) is 2. The maximum atomic E-state index is 13.9. The molecule has 0 spiro atoms. The first-order valence-electron chi connectivity index (χ1n) is 5.96. The molecule has 0 saturated carbocycles. The minimum Gasteiger partial charge on any atom is -0.396 e. The van der Waals surface area contributed by atoms with E-state index in [9.17, 15) is 4.39 Å². The molecule has 0 aliphatic heterocycles. The van der Waals surface area contributed by atoms with Gasteiger partial charge in [0.1, 0.15) is 6.33 Å². The molecule has 0 radical (unpaired) electrons. The van der Waals surface area contributed by atoms with Crippen LogP contribution in [-0.2, 0) is 6.42 Å². The van der Waals surface area contributed by atoms with Crippen molar-refractivity contribution in [1.29, 1.82) is 0 Å². The maximum Gasteiger partial charge on any atom is 0.186 e. The van der Waals surface area contributed by atoms with E-state index in [-0.39, 0.29) is 18.5 Å². The SMILES string of the molecule is CCc1ncnc(NC(CCO)C(C)C)c1F. The van der Waals surface area contributed by atoms with Gasteiger partial charge in [0.15, 0.2) is 11.6 Å². The monoisotopic (exact) mass is 241 g/mol. The molecule has 0 saturated heterocycles. The van der Waals surface area contributed by atoms with Crippen molar-refractivity contribution < 1.29 is 9.50 Å². The molecule has 0 fully saturated rings. The zero-order valence-electron chi connectivity index (χ0n) is 10.6. The van der Waals surface area contributed by atoms with Gasteiger partial charge in [0.25, 0.3) is 0 Å². The van der Waals surface area contributed by atoms with Crippen molar-refractivity contribution >= 4 is 5.82 Å². The molecule has 0 bridgehead atoms. The Hall–Kier alpha value is -1.23. The highest BCUT2D eigenvalue weighted by molar-refractivity contribution is 5.38. The van der Waals surface area contributed by atoms with Gasteiger partial charge < -0.3 is 10.4 Å². The first-order chi connectivity index (χ1) is 8.10. The minimum absolute atomic E-state index is 0.00843. The second kappa shape index (κ2) is 6.49. The van der Waals surface area contributed by atoms with Crippen LogP contribution in [0, 0.1) is 11.7 Å². The van der Waals surface area contributed by atoms with E-state index >= 15 is 0 Å². The van der Waals surface area contributed by atoms with E-state index in [1.807, 2.05) is 20.8 Å². The number of nitrogens with one attached hydrogen (secondary N) is 1. The standard InChI is InChI=1S/C12H20FN3O/c1-4-9-11(13)12(15-7-14-9)16-10(5-6-17)8(2)3/h7-8,10,17H,4-6H2,1-3H3,(H,14,15,16). The largest absolute Gasteiger partial charge is 0.396 e. The van der Waals surface area contributed by atoms with Crippen LogP contribution in [0.1, 0.15) is 32.9 Å². The summed E-state index contributed by atoms with van der Waals surface area (Å²) in [7, 11) is 0. The van der Waals surface area contributed by atoms with Crippen LogP contribution in [-0.4, -0.2) is 27.7 Å². The van der Waals surface area contributed by atoms with E-state index in [1.165, 1.54) is 6.33 Å². The van der Waals surface area contributed by atoms with Crippen molar-refractivity contribution in [2.45, 2.75) is 39.7 Å². The molecule has 0 aliphatic carbocycles. The average molecular weight is 241 g/mol. The van der Waals surface area contributed by atoms with Crippen LogP contribution in [0.15, 0.2) is 6.33 Å². The molecular weight excluding hydrogens is 221 g/mol. The molecule has 1 atom stereocenters. The molecular formula is C12H20FN3O. The number of halogens is 1. The lowest BCUT2D eigenvalue weighted by molar-refractivity contribution is 0.267. The molecule has 2 N–H and O–H groups in total. The van der Waals surface area contributed by atoms with Gasteiger partial charge in [0.05, 0.1) is 5.69 Å². The summed E-state index contributed by atoms with van der Waals surface area (Å²) in [6.07, 6.45) is 2.47. The van der Waals surface area contributed by atoms with Gasteiger partial charge in [-0.1, -0.05) is 20.8 Å². The van der Waals surface area contributed by atoms with E-state index < -0.39 is 5.82 Å². The Morgan fingerprint density at radius 3 is 2.65 bits per heavy atom. The molecule has 1 aromatic heterocycles. The summed E-state index contributed by atoms with van der Waals surface area (Å²) >= 11 is 0. The topological polar surface area (TPSA) is 58.0 Å². The molecule has 1 heterocycles. The number of rotatable bonds is 6. The zero-order valence-corrected chi connectivity index (χ0v) is 10.6. The molecule has 1 unspecified atom stereocenters. The van der Waals surface area contributed by atoms with E-state index in [4.69, 9.17) is 5.11 Å². The van der Waals surface area contributed by atoms with Gasteiger partial charge in [-0.15, -0.1) is 0 Å². The van der Waals surface area contributed by atoms with Crippen molar-refractivity contribution in [3.63, 3.8) is 0 Å². The first-order valence-corrected chi connectivity index (χ1v) is 5.96. The second-order valence-corrected chi connectivity index (χ2v) is 4.34. The minimum atomic E-state index is -0.390. The van der Waals surface area contributed by atoms with Crippen molar-refractivity contribution in [2.24, 2.45) is 5.92 Å². The molecule has 17 heavy (non-hydrogen) atoms. The Kier molecular flexibility index (Phi) is 5.28. The Morgan fingerprint density at radius 2 is 2.12 bits per heavy atom. The summed E-state index contributed by atoms with van der Waals surface area (Å²) < 4.78 is 13.9. The van der Waals surface area contributed by atoms with Gasteiger partial charge >= 0.3 is 0 Å². The third-order valence-electron chi connectivity index (χ3n) is 2.76. The highest BCUT2D eigenvalue weighted by Crippen LogP contribution is 2.17. The van der Waals surface area contributed by atoms with Crippen molar-refractivity contribution in [1.82, 2.24) is 9.97 Å². The molecule has 96 valence electrons. The third kappa shape index (κ3) is 3.63. The summed E-state index contributed by atoms with van der Waals surface area (Å²) in [6.45, 7) is 5.96. The van der Waals surface area contributed by atoms with Crippen molar-refractivity contribution in [3.8, 4) is 0 Å². The predicted molar refractivity (Wildman–Crippen MR) is 65.3 cm³/mol. The Morgan fingerprint density at radius 1 is 1.41 bits per heavy atom. The van der Waals surface area contributed by atoms with Crippen molar-refractivity contribution in [3.05, 3.63) is 17.8 Å². The lowest BCUT2D eigenvalue weighted by Crippen LogP contribution is -2.28. The summed E-state index contributed by atoms with van der Waals surface area (Å²) in [5, 5.41) is 12.0. The predicted octanol–water partition coefficient (Wildman–Crippen LogP) is 2.00. The molecule has 5 heteroatoms. The van der Waals surface area contributed by atoms with E-state index in [1.54, 1.807) is 0 Å². The van der Waals surface area contributed by atoms with Crippen LogP contribution in [0.3, 0.4) is 0 Å². The van der Waals surface area contributed by atoms with Gasteiger partial charge in [0, 0.05) is 12.6 Å².